The van der Waals surface area contributed by atoms with Crippen LogP contribution in [-0.4, -0.2) is 61.6 Å². The topological polar surface area (TPSA) is 58.8 Å². The lowest BCUT2D eigenvalue weighted by atomic mass is 10.2. The van der Waals surface area contributed by atoms with E-state index < -0.39 is 6.10 Å². The van der Waals surface area contributed by atoms with Crippen molar-refractivity contribution in [3.8, 4) is 0 Å². The Balaban J connectivity index is 0.00000242. The zero-order chi connectivity index (χ0) is 15.2. The van der Waals surface area contributed by atoms with Gasteiger partial charge < -0.3 is 15.4 Å². The highest BCUT2D eigenvalue weighted by Crippen LogP contribution is 2.18. The molecule has 2 rings (SSSR count). The maximum absolute atomic E-state index is 12.3. The summed E-state index contributed by atoms with van der Waals surface area (Å²) in [4.78, 5) is 16.4. The fourth-order valence-corrected chi connectivity index (χ4v) is 2.82. The number of amides is 1. The van der Waals surface area contributed by atoms with Crippen LogP contribution in [-0.2, 0) is 16.1 Å². The molecular weight excluding hydrogens is 302 g/mol. The highest BCUT2D eigenvalue weighted by molar-refractivity contribution is 5.85. The van der Waals surface area contributed by atoms with Crippen molar-refractivity contribution in [1.82, 2.24) is 9.80 Å². The second-order valence-corrected chi connectivity index (χ2v) is 5.57. The van der Waals surface area contributed by atoms with Gasteiger partial charge in [0.05, 0.1) is 0 Å². The van der Waals surface area contributed by atoms with Crippen molar-refractivity contribution in [3.05, 3.63) is 35.9 Å². The number of likely N-dealkylation sites (N-methyl/N-ethyl adjacent to an activating group) is 1. The van der Waals surface area contributed by atoms with Gasteiger partial charge in [0.1, 0.15) is 6.10 Å². The molecule has 1 saturated heterocycles. The molecule has 5 nitrogen and oxygen atoms in total. The Morgan fingerprint density at radius 1 is 1.45 bits per heavy atom. The molecule has 2 atom stereocenters. The first kappa shape index (κ1) is 18.9. The number of hydrogen-bond acceptors (Lipinski definition) is 4. The van der Waals surface area contributed by atoms with Crippen LogP contribution in [0.2, 0.25) is 0 Å². The Labute approximate surface area is 138 Å². The summed E-state index contributed by atoms with van der Waals surface area (Å²) in [6.07, 6.45) is 0.467. The molecule has 124 valence electrons. The smallest absolute Gasteiger partial charge is 0.253 e. The van der Waals surface area contributed by atoms with Gasteiger partial charge >= 0.3 is 0 Å². The number of carbonyl (C=O) groups is 1. The minimum Gasteiger partial charge on any atom is -0.370 e. The maximum atomic E-state index is 12.3. The number of nitrogens with zero attached hydrogens (tertiary/aromatic N) is 2. The van der Waals surface area contributed by atoms with Gasteiger partial charge in [0.2, 0.25) is 0 Å². The molecule has 6 heteroatoms. The molecule has 2 N–H and O–H groups in total. The van der Waals surface area contributed by atoms with E-state index in [0.29, 0.717) is 0 Å². The van der Waals surface area contributed by atoms with Crippen molar-refractivity contribution in [1.29, 1.82) is 0 Å². The number of likely N-dealkylation sites (tertiary alicyclic amines) is 1. The van der Waals surface area contributed by atoms with Crippen molar-refractivity contribution < 1.29 is 9.53 Å². The number of ether oxygens (including phenoxy) is 1. The third-order valence-corrected chi connectivity index (χ3v) is 4.17. The van der Waals surface area contributed by atoms with Gasteiger partial charge in [0.25, 0.3) is 5.91 Å². The Kier molecular flexibility index (Phi) is 7.82. The molecule has 0 spiro atoms. The summed E-state index contributed by atoms with van der Waals surface area (Å²) >= 11 is 0. The fraction of sp³-hybridized carbons (Fsp3) is 0.562. The maximum Gasteiger partial charge on any atom is 0.253 e. The molecular formula is C16H26ClN3O2. The van der Waals surface area contributed by atoms with E-state index in [4.69, 9.17) is 10.5 Å². The molecule has 0 saturated carbocycles. The summed E-state index contributed by atoms with van der Waals surface area (Å²) in [5, 5.41) is 0. The molecule has 1 fully saturated rings. The van der Waals surface area contributed by atoms with E-state index >= 15 is 0 Å². The third-order valence-electron chi connectivity index (χ3n) is 4.17. The van der Waals surface area contributed by atoms with Crippen molar-refractivity contribution in [2.24, 2.45) is 5.73 Å². The summed E-state index contributed by atoms with van der Waals surface area (Å²) in [5.41, 5.74) is 6.88. The number of rotatable bonds is 6. The van der Waals surface area contributed by atoms with Crippen LogP contribution in [0.1, 0.15) is 12.0 Å². The van der Waals surface area contributed by atoms with Gasteiger partial charge in [-0.1, -0.05) is 30.3 Å². The van der Waals surface area contributed by atoms with Crippen LogP contribution in [0.5, 0.6) is 0 Å². The van der Waals surface area contributed by atoms with Crippen LogP contribution >= 0.6 is 12.4 Å². The van der Waals surface area contributed by atoms with E-state index in [1.54, 1.807) is 4.90 Å². The van der Waals surface area contributed by atoms with Crippen LogP contribution in [0.25, 0.3) is 0 Å². The SMILES string of the molecule is COC(CN)C(=O)N(C)C1CCN(Cc2ccccc2)C1.Cl. The van der Waals surface area contributed by atoms with Gasteiger partial charge in [0, 0.05) is 46.4 Å². The molecule has 0 aliphatic carbocycles. The monoisotopic (exact) mass is 327 g/mol. The zero-order valence-corrected chi connectivity index (χ0v) is 14.1. The second kappa shape index (κ2) is 9.10. The Morgan fingerprint density at radius 2 is 2.14 bits per heavy atom. The standard InChI is InChI=1S/C16H25N3O2.ClH/c1-18(16(20)15(10-17)21-2)14-8-9-19(12-14)11-13-6-4-3-5-7-13;/h3-7,14-15H,8-12,17H2,1-2H3;1H. The molecule has 1 aromatic carbocycles. The average molecular weight is 328 g/mol. The number of halogens is 1. The highest BCUT2D eigenvalue weighted by atomic mass is 35.5. The zero-order valence-electron chi connectivity index (χ0n) is 13.3. The highest BCUT2D eigenvalue weighted by Gasteiger charge is 2.31. The molecule has 0 bridgehead atoms. The number of hydrogen-bond donors (Lipinski definition) is 1. The molecule has 1 aliphatic rings. The first-order valence-corrected chi connectivity index (χ1v) is 7.41. The second-order valence-electron chi connectivity index (χ2n) is 5.57. The first-order valence-electron chi connectivity index (χ1n) is 7.41. The predicted molar refractivity (Wildman–Crippen MR) is 90.0 cm³/mol. The van der Waals surface area contributed by atoms with Crippen LogP contribution in [0.4, 0.5) is 0 Å². The number of benzene rings is 1. The normalized spacial score (nSPS) is 19.5. The van der Waals surface area contributed by atoms with Crippen molar-refractivity contribution in [2.45, 2.75) is 25.1 Å². The van der Waals surface area contributed by atoms with Gasteiger partial charge in [-0.25, -0.2) is 0 Å². The van der Waals surface area contributed by atoms with E-state index in [-0.39, 0.29) is 30.9 Å². The lowest BCUT2D eigenvalue weighted by molar-refractivity contribution is -0.141. The van der Waals surface area contributed by atoms with Gasteiger partial charge in [-0.3, -0.25) is 9.69 Å². The largest absolute Gasteiger partial charge is 0.370 e. The minimum absolute atomic E-state index is 0. The van der Waals surface area contributed by atoms with E-state index in [1.807, 2.05) is 13.1 Å². The van der Waals surface area contributed by atoms with Crippen LogP contribution < -0.4 is 5.73 Å². The lowest BCUT2D eigenvalue weighted by Crippen LogP contribution is -2.47. The summed E-state index contributed by atoms with van der Waals surface area (Å²) < 4.78 is 5.13. The van der Waals surface area contributed by atoms with Gasteiger partial charge in [0.15, 0.2) is 0 Å². The quantitative estimate of drug-likeness (QED) is 0.850. The summed E-state index contributed by atoms with van der Waals surface area (Å²) in [6, 6.07) is 10.7. The summed E-state index contributed by atoms with van der Waals surface area (Å²) in [6.45, 7) is 3.07. The molecule has 1 aromatic rings. The van der Waals surface area contributed by atoms with E-state index in [2.05, 4.69) is 29.2 Å². The van der Waals surface area contributed by atoms with Gasteiger partial charge in [-0.05, 0) is 12.0 Å². The Morgan fingerprint density at radius 3 is 2.73 bits per heavy atom. The first-order chi connectivity index (χ1) is 10.2. The summed E-state index contributed by atoms with van der Waals surface area (Å²) in [7, 11) is 3.38. The average Bonchev–Trinajstić information content (AvgIpc) is 2.97. The Bertz CT molecular complexity index is 454. The Hall–Kier alpha value is -1.14. The number of nitrogens with two attached hydrogens (primary N) is 1. The van der Waals surface area contributed by atoms with Gasteiger partial charge in [-0.2, -0.15) is 0 Å². The van der Waals surface area contributed by atoms with Crippen LogP contribution in [0.3, 0.4) is 0 Å². The van der Waals surface area contributed by atoms with Crippen molar-refractivity contribution >= 4 is 18.3 Å². The van der Waals surface area contributed by atoms with E-state index in [1.165, 1.54) is 12.7 Å². The third kappa shape index (κ3) is 4.68. The predicted octanol–water partition coefficient (Wildman–Crippen LogP) is 1.11. The number of methoxy groups -OCH3 is 1. The molecule has 1 heterocycles. The van der Waals surface area contributed by atoms with Gasteiger partial charge in [-0.15, -0.1) is 12.4 Å². The van der Waals surface area contributed by atoms with Crippen molar-refractivity contribution in [2.75, 3.05) is 33.8 Å². The van der Waals surface area contributed by atoms with E-state index in [9.17, 15) is 4.79 Å². The molecule has 2 unspecified atom stereocenters. The molecule has 1 aliphatic heterocycles. The molecule has 0 aromatic heterocycles. The van der Waals surface area contributed by atoms with E-state index in [0.717, 1.165) is 26.1 Å². The van der Waals surface area contributed by atoms with Crippen molar-refractivity contribution in [3.63, 3.8) is 0 Å². The molecule has 22 heavy (non-hydrogen) atoms. The molecule has 0 radical (unpaired) electrons. The summed E-state index contributed by atoms with van der Waals surface area (Å²) in [5.74, 6) is -0.0217. The van der Waals surface area contributed by atoms with Crippen LogP contribution in [0.15, 0.2) is 30.3 Å². The fourth-order valence-electron chi connectivity index (χ4n) is 2.82. The number of carbonyl (C=O) groups excluding carboxylic acids is 1. The minimum atomic E-state index is -0.529. The lowest BCUT2D eigenvalue weighted by Gasteiger charge is -2.28. The molecule has 1 amide bonds. The van der Waals surface area contributed by atoms with Crippen LogP contribution in [0, 0.1) is 0 Å².